The van der Waals surface area contributed by atoms with Crippen molar-refractivity contribution in [3.63, 3.8) is 0 Å². The number of benzene rings is 3. The molecular formula is C18H10NO. The molecule has 1 radical (unpaired) electrons. The zero-order valence-electron chi connectivity index (χ0n) is 10.6. The summed E-state index contributed by atoms with van der Waals surface area (Å²) in [4.78, 5) is 0. The second-order valence-corrected chi connectivity index (χ2v) is 5.06. The number of fused-ring (bicyclic) bond motifs is 7. The van der Waals surface area contributed by atoms with Gasteiger partial charge in [-0.25, -0.2) is 5.32 Å². The monoisotopic (exact) mass is 256 g/mol. The summed E-state index contributed by atoms with van der Waals surface area (Å²) >= 11 is 0. The van der Waals surface area contributed by atoms with Crippen LogP contribution in [0.15, 0.2) is 65.1 Å². The molecule has 3 aromatic carbocycles. The third-order valence-electron chi connectivity index (χ3n) is 3.94. The van der Waals surface area contributed by atoms with Crippen LogP contribution in [0, 0.1) is 0 Å². The third kappa shape index (κ3) is 1.14. The van der Waals surface area contributed by atoms with E-state index in [1.807, 2.05) is 36.4 Å². The van der Waals surface area contributed by atoms with Crippen molar-refractivity contribution in [3.05, 3.63) is 60.7 Å². The Morgan fingerprint density at radius 1 is 0.700 bits per heavy atom. The first kappa shape index (κ1) is 10.1. The van der Waals surface area contributed by atoms with Crippen LogP contribution in [0.3, 0.4) is 0 Å². The van der Waals surface area contributed by atoms with E-state index >= 15 is 0 Å². The van der Waals surface area contributed by atoms with Gasteiger partial charge in [-0.1, -0.05) is 36.4 Å². The Morgan fingerprint density at radius 3 is 2.55 bits per heavy atom. The predicted octanol–water partition coefficient (Wildman–Crippen LogP) is 5.13. The normalized spacial score (nSPS) is 12.4. The quantitative estimate of drug-likeness (QED) is 0.377. The van der Waals surface area contributed by atoms with Crippen molar-refractivity contribution < 1.29 is 4.42 Å². The summed E-state index contributed by atoms with van der Waals surface area (Å²) in [5.74, 6) is 0. The first-order valence-electron chi connectivity index (χ1n) is 6.67. The number of rotatable bonds is 0. The Morgan fingerprint density at radius 2 is 1.55 bits per heavy atom. The molecule has 1 aromatic heterocycles. The van der Waals surface area contributed by atoms with Gasteiger partial charge in [0.05, 0.1) is 16.9 Å². The fourth-order valence-electron chi connectivity index (χ4n) is 3.04. The number of hydrogen-bond donors (Lipinski definition) is 0. The summed E-state index contributed by atoms with van der Waals surface area (Å²) in [6.07, 6.45) is 0. The molecule has 0 aliphatic carbocycles. The number of para-hydroxylation sites is 2. The highest BCUT2D eigenvalue weighted by Crippen LogP contribution is 2.48. The smallest absolute Gasteiger partial charge is 0.145 e. The van der Waals surface area contributed by atoms with E-state index in [9.17, 15) is 0 Å². The highest BCUT2D eigenvalue weighted by molar-refractivity contribution is 6.14. The van der Waals surface area contributed by atoms with Gasteiger partial charge in [0.1, 0.15) is 11.2 Å². The zero-order chi connectivity index (χ0) is 13.1. The summed E-state index contributed by atoms with van der Waals surface area (Å²) in [6.45, 7) is 0. The number of furan rings is 1. The van der Waals surface area contributed by atoms with E-state index in [0.29, 0.717) is 0 Å². The van der Waals surface area contributed by atoms with Crippen LogP contribution in [0.5, 0.6) is 0 Å². The number of hydrogen-bond acceptors (Lipinski definition) is 1. The molecule has 2 nitrogen and oxygen atoms in total. The topological polar surface area (TPSA) is 27.2 Å². The molecule has 0 N–H and O–H groups in total. The first-order valence-corrected chi connectivity index (χ1v) is 6.67. The molecule has 2 heteroatoms. The molecule has 93 valence electrons. The van der Waals surface area contributed by atoms with Gasteiger partial charge in [0.2, 0.25) is 0 Å². The molecule has 4 aromatic rings. The maximum absolute atomic E-state index is 6.09. The lowest BCUT2D eigenvalue weighted by Gasteiger charge is -1.99. The molecule has 0 fully saturated rings. The van der Waals surface area contributed by atoms with E-state index in [4.69, 9.17) is 4.42 Å². The van der Waals surface area contributed by atoms with Gasteiger partial charge >= 0.3 is 0 Å². The Kier molecular flexibility index (Phi) is 1.73. The van der Waals surface area contributed by atoms with Gasteiger partial charge in [0.25, 0.3) is 0 Å². The van der Waals surface area contributed by atoms with Crippen molar-refractivity contribution in [1.82, 2.24) is 5.32 Å². The van der Waals surface area contributed by atoms with Crippen molar-refractivity contribution in [2.75, 3.05) is 0 Å². The third-order valence-corrected chi connectivity index (χ3v) is 3.94. The molecule has 1 aliphatic rings. The van der Waals surface area contributed by atoms with Crippen LogP contribution in [-0.4, -0.2) is 0 Å². The molecule has 0 unspecified atom stereocenters. The highest BCUT2D eigenvalue weighted by atomic mass is 16.3. The fraction of sp³-hybridized carbons (Fsp3) is 0. The van der Waals surface area contributed by atoms with Crippen molar-refractivity contribution >= 4 is 33.3 Å². The molecule has 20 heavy (non-hydrogen) atoms. The molecule has 0 spiro atoms. The molecular weight excluding hydrogens is 246 g/mol. The molecule has 0 atom stereocenters. The van der Waals surface area contributed by atoms with E-state index in [0.717, 1.165) is 44.4 Å². The highest BCUT2D eigenvalue weighted by Gasteiger charge is 2.24. The van der Waals surface area contributed by atoms with Crippen molar-refractivity contribution in [3.8, 4) is 11.1 Å². The van der Waals surface area contributed by atoms with Crippen LogP contribution in [-0.2, 0) is 0 Å². The van der Waals surface area contributed by atoms with Crippen LogP contribution in [0.25, 0.3) is 33.1 Å². The summed E-state index contributed by atoms with van der Waals surface area (Å²) in [7, 11) is 0. The van der Waals surface area contributed by atoms with Crippen LogP contribution >= 0.6 is 0 Å². The average Bonchev–Trinajstić information content (AvgIpc) is 3.04. The molecule has 0 amide bonds. The Bertz CT molecular complexity index is 981. The van der Waals surface area contributed by atoms with Gasteiger partial charge < -0.3 is 4.42 Å². The maximum atomic E-state index is 6.09. The van der Waals surface area contributed by atoms with Crippen LogP contribution in [0.2, 0.25) is 0 Å². The first-order chi connectivity index (χ1) is 9.92. The Labute approximate surface area is 115 Å². The lowest BCUT2D eigenvalue weighted by Crippen LogP contribution is -1.80. The van der Waals surface area contributed by atoms with Gasteiger partial charge in [-0.05, 0) is 24.3 Å². The second-order valence-electron chi connectivity index (χ2n) is 5.06. The lowest BCUT2D eigenvalue weighted by molar-refractivity contribution is 0.670. The van der Waals surface area contributed by atoms with Crippen molar-refractivity contribution in [1.29, 1.82) is 0 Å². The van der Waals surface area contributed by atoms with Crippen molar-refractivity contribution in [2.24, 2.45) is 0 Å². The number of nitrogens with zero attached hydrogens (tertiary/aromatic N) is 1. The van der Waals surface area contributed by atoms with Gasteiger partial charge in [-0.2, -0.15) is 0 Å². The minimum absolute atomic E-state index is 0.931. The summed E-state index contributed by atoms with van der Waals surface area (Å²) in [5, 5.41) is 7.00. The van der Waals surface area contributed by atoms with Crippen molar-refractivity contribution in [2.45, 2.75) is 0 Å². The standard InChI is InChI=1S/C18H10NO/c1-3-7-14-13(6-1)17-15(19-14)10-9-12-11-5-2-4-8-16(11)20-18(12)17/h1-10H. The maximum Gasteiger partial charge on any atom is 0.145 e. The van der Waals surface area contributed by atoms with Crippen LogP contribution in [0.4, 0.5) is 11.4 Å². The minimum Gasteiger partial charge on any atom is -0.455 e. The van der Waals surface area contributed by atoms with E-state index in [2.05, 4.69) is 29.6 Å². The molecule has 5 rings (SSSR count). The van der Waals surface area contributed by atoms with E-state index in [1.54, 1.807) is 0 Å². The van der Waals surface area contributed by atoms with Crippen LogP contribution in [0.1, 0.15) is 0 Å². The van der Waals surface area contributed by atoms with E-state index in [-0.39, 0.29) is 0 Å². The van der Waals surface area contributed by atoms with E-state index in [1.165, 1.54) is 0 Å². The molecule has 0 bridgehead atoms. The predicted molar refractivity (Wildman–Crippen MR) is 80.6 cm³/mol. The van der Waals surface area contributed by atoms with Crippen LogP contribution < -0.4 is 5.32 Å². The lowest BCUT2D eigenvalue weighted by atomic mass is 10.0. The molecule has 0 saturated heterocycles. The minimum atomic E-state index is 0.931. The Hall–Kier alpha value is -2.74. The fourth-order valence-corrected chi connectivity index (χ4v) is 3.04. The summed E-state index contributed by atoms with van der Waals surface area (Å²) < 4.78 is 6.09. The largest absolute Gasteiger partial charge is 0.455 e. The van der Waals surface area contributed by atoms with Gasteiger partial charge in [0, 0.05) is 16.3 Å². The van der Waals surface area contributed by atoms with Gasteiger partial charge in [-0.15, -0.1) is 0 Å². The molecule has 1 aliphatic heterocycles. The summed E-state index contributed by atoms with van der Waals surface area (Å²) in [5.41, 5.74) is 6.17. The van der Waals surface area contributed by atoms with Gasteiger partial charge in [-0.3, -0.25) is 0 Å². The second kappa shape index (κ2) is 3.42. The molecule has 2 heterocycles. The SMILES string of the molecule is c1ccc2c(c1)[N]c1ccc3c(oc4ccccc43)c1-2. The Balaban J connectivity index is 1.99. The van der Waals surface area contributed by atoms with E-state index < -0.39 is 0 Å². The average molecular weight is 256 g/mol. The zero-order valence-corrected chi connectivity index (χ0v) is 10.6. The molecule has 0 saturated carbocycles. The van der Waals surface area contributed by atoms with Gasteiger partial charge in [0.15, 0.2) is 0 Å². The summed E-state index contributed by atoms with van der Waals surface area (Å²) in [6, 6.07) is 20.6.